The largest absolute Gasteiger partial charge is 0.454 e. The summed E-state index contributed by atoms with van der Waals surface area (Å²) in [5, 5.41) is 9.75. The van der Waals surface area contributed by atoms with E-state index in [2.05, 4.69) is 0 Å². The van der Waals surface area contributed by atoms with Crippen molar-refractivity contribution >= 4 is 5.91 Å². The van der Waals surface area contributed by atoms with Gasteiger partial charge in [0.1, 0.15) is 0 Å². The maximum atomic E-state index is 12.2. The number of hydrogen-bond donors (Lipinski definition) is 1. The number of aryl methyl sites for hydroxylation is 1. The molecule has 2 atom stereocenters. The molecule has 1 N–H and O–H groups in total. The van der Waals surface area contributed by atoms with E-state index in [0.29, 0.717) is 26.1 Å². The minimum absolute atomic E-state index is 0.00205. The molecule has 0 bridgehead atoms. The molecule has 1 amide bonds. The number of ether oxygens (including phenoxy) is 3. The summed E-state index contributed by atoms with van der Waals surface area (Å²) in [6, 6.07) is 5.46. The van der Waals surface area contributed by atoms with E-state index in [1.54, 1.807) is 11.9 Å². The van der Waals surface area contributed by atoms with E-state index in [0.717, 1.165) is 17.1 Å². The highest BCUT2D eigenvalue weighted by molar-refractivity contribution is 5.76. The maximum absolute atomic E-state index is 12.2. The third kappa shape index (κ3) is 2.96. The number of fused-ring (bicyclic) bond motifs is 1. The normalized spacial score (nSPS) is 23.3. The fourth-order valence-electron chi connectivity index (χ4n) is 2.61. The van der Waals surface area contributed by atoms with Gasteiger partial charge in [-0.3, -0.25) is 4.79 Å². The van der Waals surface area contributed by atoms with Gasteiger partial charge in [0.25, 0.3) is 0 Å². The Hall–Kier alpha value is -1.79. The van der Waals surface area contributed by atoms with Gasteiger partial charge in [-0.15, -0.1) is 0 Å². The molecule has 114 valence electrons. The average Bonchev–Trinajstić information content (AvgIpc) is 3.11. The number of nitrogens with zero attached hydrogens (tertiary/aromatic N) is 1. The summed E-state index contributed by atoms with van der Waals surface area (Å²) in [5.74, 6) is 1.48. The van der Waals surface area contributed by atoms with E-state index in [9.17, 15) is 9.90 Å². The van der Waals surface area contributed by atoms with E-state index in [1.807, 2.05) is 18.2 Å². The van der Waals surface area contributed by atoms with Gasteiger partial charge in [-0.25, -0.2) is 0 Å². The first-order chi connectivity index (χ1) is 10.1. The summed E-state index contributed by atoms with van der Waals surface area (Å²) in [7, 11) is 1.71. The van der Waals surface area contributed by atoms with Crippen molar-refractivity contribution in [2.24, 2.45) is 0 Å². The Balaban J connectivity index is 1.56. The van der Waals surface area contributed by atoms with Crippen molar-refractivity contribution in [1.82, 2.24) is 4.90 Å². The van der Waals surface area contributed by atoms with Crippen molar-refractivity contribution in [1.29, 1.82) is 0 Å². The van der Waals surface area contributed by atoms with Crippen LogP contribution >= 0.6 is 0 Å². The maximum Gasteiger partial charge on any atom is 0.231 e. The summed E-state index contributed by atoms with van der Waals surface area (Å²) >= 11 is 0. The fraction of sp³-hybridized carbons (Fsp3) is 0.533. The molecule has 0 spiro atoms. The lowest BCUT2D eigenvalue weighted by atomic mass is 10.1. The molecule has 2 aliphatic heterocycles. The first-order valence-electron chi connectivity index (χ1n) is 7.05. The predicted molar refractivity (Wildman–Crippen MR) is 74.3 cm³/mol. The monoisotopic (exact) mass is 293 g/mol. The SMILES string of the molecule is CN(C(=O)CCc1ccc2c(c1)OCO2)C1COCC1O. The summed E-state index contributed by atoms with van der Waals surface area (Å²) < 4.78 is 15.8. The number of carbonyl (C=O) groups excluding carboxylic acids is 1. The van der Waals surface area contributed by atoms with Crippen molar-refractivity contribution in [3.8, 4) is 11.5 Å². The molecule has 3 rings (SSSR count). The van der Waals surface area contributed by atoms with Crippen LogP contribution in [0.5, 0.6) is 11.5 Å². The number of hydrogen-bond acceptors (Lipinski definition) is 5. The zero-order chi connectivity index (χ0) is 14.8. The van der Waals surface area contributed by atoms with Gasteiger partial charge < -0.3 is 24.2 Å². The standard InChI is InChI=1S/C15H19NO5/c1-16(11-7-19-8-12(11)17)15(18)5-3-10-2-4-13-14(6-10)21-9-20-13/h2,4,6,11-12,17H,3,5,7-9H2,1H3. The Morgan fingerprint density at radius 2 is 2.14 bits per heavy atom. The smallest absolute Gasteiger partial charge is 0.231 e. The van der Waals surface area contributed by atoms with E-state index in [4.69, 9.17) is 14.2 Å². The van der Waals surface area contributed by atoms with Crippen LogP contribution in [0.2, 0.25) is 0 Å². The topological polar surface area (TPSA) is 68.2 Å². The van der Waals surface area contributed by atoms with Crippen molar-refractivity contribution < 1.29 is 24.1 Å². The van der Waals surface area contributed by atoms with Gasteiger partial charge in [-0.1, -0.05) is 6.07 Å². The number of carbonyl (C=O) groups is 1. The van der Waals surface area contributed by atoms with Crippen LogP contribution in [0.1, 0.15) is 12.0 Å². The zero-order valence-electron chi connectivity index (χ0n) is 11.9. The lowest BCUT2D eigenvalue weighted by molar-refractivity contribution is -0.133. The molecule has 6 heteroatoms. The fourth-order valence-corrected chi connectivity index (χ4v) is 2.61. The minimum atomic E-state index is -0.593. The Morgan fingerprint density at radius 1 is 1.33 bits per heavy atom. The number of likely N-dealkylation sites (N-methyl/N-ethyl adjacent to an activating group) is 1. The molecule has 2 heterocycles. The van der Waals surface area contributed by atoms with Gasteiger partial charge in [0.15, 0.2) is 11.5 Å². The number of amides is 1. The van der Waals surface area contributed by atoms with Crippen LogP contribution in [0.15, 0.2) is 18.2 Å². The second-order valence-corrected chi connectivity index (χ2v) is 5.36. The molecule has 1 aromatic rings. The summed E-state index contributed by atoms with van der Waals surface area (Å²) in [5.41, 5.74) is 1.03. The summed E-state index contributed by atoms with van der Waals surface area (Å²) in [6.07, 6.45) is 0.424. The molecule has 21 heavy (non-hydrogen) atoms. The first kappa shape index (κ1) is 14.2. The second kappa shape index (κ2) is 5.91. The van der Waals surface area contributed by atoms with Crippen LogP contribution in [0.25, 0.3) is 0 Å². The van der Waals surface area contributed by atoms with Crippen molar-refractivity contribution in [2.75, 3.05) is 27.1 Å². The van der Waals surface area contributed by atoms with Gasteiger partial charge in [0, 0.05) is 13.5 Å². The molecule has 0 aliphatic carbocycles. The first-order valence-corrected chi connectivity index (χ1v) is 7.05. The molecule has 1 fully saturated rings. The molecule has 6 nitrogen and oxygen atoms in total. The Bertz CT molecular complexity index is 533. The van der Waals surface area contributed by atoms with Crippen molar-refractivity contribution in [3.05, 3.63) is 23.8 Å². The predicted octanol–water partition coefficient (Wildman–Crippen LogP) is 0.566. The lowest BCUT2D eigenvalue weighted by Crippen LogP contribution is -2.44. The quantitative estimate of drug-likeness (QED) is 0.879. The third-order valence-corrected chi connectivity index (χ3v) is 3.98. The molecular formula is C15H19NO5. The molecule has 0 radical (unpaired) electrons. The van der Waals surface area contributed by atoms with Crippen molar-refractivity contribution in [3.63, 3.8) is 0 Å². The zero-order valence-corrected chi connectivity index (χ0v) is 11.9. The van der Waals surface area contributed by atoms with E-state index in [-0.39, 0.29) is 18.7 Å². The van der Waals surface area contributed by atoms with Crippen LogP contribution in [0.4, 0.5) is 0 Å². The molecule has 0 saturated carbocycles. The van der Waals surface area contributed by atoms with Crippen LogP contribution in [-0.2, 0) is 16.0 Å². The lowest BCUT2D eigenvalue weighted by Gasteiger charge is -2.25. The van der Waals surface area contributed by atoms with Gasteiger partial charge >= 0.3 is 0 Å². The molecule has 0 aromatic heterocycles. The van der Waals surface area contributed by atoms with E-state index in [1.165, 1.54) is 0 Å². The summed E-state index contributed by atoms with van der Waals surface area (Å²) in [4.78, 5) is 13.8. The number of benzene rings is 1. The molecule has 1 aromatic carbocycles. The highest BCUT2D eigenvalue weighted by Crippen LogP contribution is 2.32. The number of rotatable bonds is 4. The van der Waals surface area contributed by atoms with Crippen LogP contribution in [0.3, 0.4) is 0 Å². The number of aliphatic hydroxyl groups is 1. The van der Waals surface area contributed by atoms with Crippen molar-refractivity contribution in [2.45, 2.75) is 25.0 Å². The van der Waals surface area contributed by atoms with Crippen LogP contribution < -0.4 is 9.47 Å². The number of aliphatic hydroxyl groups excluding tert-OH is 1. The van der Waals surface area contributed by atoms with Crippen LogP contribution in [0, 0.1) is 0 Å². The Morgan fingerprint density at radius 3 is 2.90 bits per heavy atom. The van der Waals surface area contributed by atoms with Gasteiger partial charge in [0.05, 0.1) is 25.4 Å². The summed E-state index contributed by atoms with van der Waals surface area (Å²) in [6.45, 7) is 0.942. The highest BCUT2D eigenvalue weighted by atomic mass is 16.7. The van der Waals surface area contributed by atoms with Crippen LogP contribution in [-0.4, -0.2) is 55.1 Å². The molecule has 2 unspecified atom stereocenters. The second-order valence-electron chi connectivity index (χ2n) is 5.36. The van der Waals surface area contributed by atoms with Gasteiger partial charge in [-0.2, -0.15) is 0 Å². The Kier molecular flexibility index (Phi) is 3.98. The van der Waals surface area contributed by atoms with E-state index < -0.39 is 6.10 Å². The molecule has 2 aliphatic rings. The minimum Gasteiger partial charge on any atom is -0.454 e. The molecule has 1 saturated heterocycles. The van der Waals surface area contributed by atoms with E-state index >= 15 is 0 Å². The third-order valence-electron chi connectivity index (χ3n) is 3.98. The molecular weight excluding hydrogens is 274 g/mol. The Labute approximate surface area is 123 Å². The van der Waals surface area contributed by atoms with Gasteiger partial charge in [-0.05, 0) is 24.1 Å². The highest BCUT2D eigenvalue weighted by Gasteiger charge is 2.31. The van der Waals surface area contributed by atoms with Gasteiger partial charge in [0.2, 0.25) is 12.7 Å². The average molecular weight is 293 g/mol.